The maximum absolute atomic E-state index is 11.4. The first-order valence-corrected chi connectivity index (χ1v) is 9.88. The average molecular weight is 422 g/mol. The van der Waals surface area contributed by atoms with E-state index in [0.717, 1.165) is 13.0 Å². The second kappa shape index (κ2) is 8.72. The Bertz CT molecular complexity index is 1010. The van der Waals surface area contributed by atoms with Gasteiger partial charge in [0.25, 0.3) is 5.69 Å². The van der Waals surface area contributed by atoms with Crippen molar-refractivity contribution in [1.29, 1.82) is 0 Å². The number of aryl methyl sites for hydroxylation is 1. The Hall–Kier alpha value is -2.43. The van der Waals surface area contributed by atoms with Crippen LogP contribution in [-0.4, -0.2) is 37.0 Å². The number of benzene rings is 1. The normalized spacial score (nSPS) is 11.4. The van der Waals surface area contributed by atoms with Crippen molar-refractivity contribution in [3.05, 3.63) is 39.7 Å². The van der Waals surface area contributed by atoms with Crippen molar-refractivity contribution in [2.45, 2.75) is 42.9 Å². The predicted molar refractivity (Wildman–Crippen MR) is 110 cm³/mol. The van der Waals surface area contributed by atoms with Gasteiger partial charge in [-0.15, -0.1) is 0 Å². The lowest BCUT2D eigenvalue weighted by Gasteiger charge is -2.11. The van der Waals surface area contributed by atoms with E-state index in [1.165, 1.54) is 24.2 Å². The van der Waals surface area contributed by atoms with Gasteiger partial charge in [-0.05, 0) is 36.9 Å². The lowest BCUT2D eigenvalue weighted by atomic mass is 10.3. The number of anilines is 1. The first kappa shape index (κ1) is 20.3. The minimum Gasteiger partial charge on any atom is -0.382 e. The number of fused-ring (bicyclic) bond motifs is 1. The van der Waals surface area contributed by atoms with Crippen molar-refractivity contribution < 1.29 is 4.92 Å². The number of nitrogens with two attached hydrogens (primary N) is 1. The number of nitro groups is 1. The van der Waals surface area contributed by atoms with E-state index in [4.69, 9.17) is 17.3 Å². The fraction of sp³-hybridized carbons (Fsp3) is 0.353. The van der Waals surface area contributed by atoms with E-state index in [1.54, 1.807) is 12.1 Å². The standard InChI is InChI=1S/C17H20ClN7O2S/c1-10(2)20-6-3-7-24-16-14(15(19)21-9-22-16)23-17(24)28-13-5-4-11(18)8-12(13)25(26)27/h4-5,8-10,20H,3,6-7H2,1-2H3,(H2,19,21,22). The Kier molecular flexibility index (Phi) is 6.32. The molecule has 9 nitrogen and oxygen atoms in total. The number of rotatable bonds is 8. The van der Waals surface area contributed by atoms with Crippen LogP contribution in [0.4, 0.5) is 11.5 Å². The van der Waals surface area contributed by atoms with Crippen LogP contribution in [0, 0.1) is 10.1 Å². The highest BCUT2D eigenvalue weighted by atomic mass is 35.5. The molecule has 11 heteroatoms. The molecule has 1 aromatic carbocycles. The highest BCUT2D eigenvalue weighted by Gasteiger charge is 2.21. The molecule has 2 heterocycles. The molecule has 0 radical (unpaired) electrons. The van der Waals surface area contributed by atoms with E-state index in [1.807, 2.05) is 4.57 Å². The Morgan fingerprint density at radius 3 is 2.89 bits per heavy atom. The molecular weight excluding hydrogens is 402 g/mol. The zero-order valence-corrected chi connectivity index (χ0v) is 17.0. The van der Waals surface area contributed by atoms with E-state index in [0.29, 0.717) is 38.8 Å². The molecule has 28 heavy (non-hydrogen) atoms. The molecule has 0 saturated heterocycles. The first-order valence-electron chi connectivity index (χ1n) is 8.68. The SMILES string of the molecule is CC(C)NCCCn1c(Sc2ccc(Cl)cc2[N+](=O)[O-])nc2c(N)ncnc21. The smallest absolute Gasteiger partial charge is 0.284 e. The first-order chi connectivity index (χ1) is 13.4. The minimum absolute atomic E-state index is 0.0726. The van der Waals surface area contributed by atoms with Gasteiger partial charge in [-0.3, -0.25) is 10.1 Å². The number of nitro benzene ring substituents is 1. The third-order valence-electron chi connectivity index (χ3n) is 3.96. The van der Waals surface area contributed by atoms with Gasteiger partial charge in [-0.25, -0.2) is 15.0 Å². The van der Waals surface area contributed by atoms with Crippen molar-refractivity contribution in [1.82, 2.24) is 24.8 Å². The van der Waals surface area contributed by atoms with E-state index < -0.39 is 4.92 Å². The van der Waals surface area contributed by atoms with Crippen LogP contribution in [0.2, 0.25) is 5.02 Å². The van der Waals surface area contributed by atoms with Crippen LogP contribution in [0.5, 0.6) is 0 Å². The van der Waals surface area contributed by atoms with Crippen LogP contribution in [0.25, 0.3) is 11.2 Å². The van der Waals surface area contributed by atoms with E-state index in [9.17, 15) is 10.1 Å². The van der Waals surface area contributed by atoms with Crippen LogP contribution in [0.1, 0.15) is 20.3 Å². The second-order valence-corrected chi connectivity index (χ2v) is 7.86. The summed E-state index contributed by atoms with van der Waals surface area (Å²) in [7, 11) is 0. The molecule has 0 saturated carbocycles. The molecule has 2 aromatic heterocycles. The monoisotopic (exact) mass is 421 g/mol. The molecule has 0 bridgehead atoms. The van der Waals surface area contributed by atoms with Gasteiger partial charge < -0.3 is 15.6 Å². The lowest BCUT2D eigenvalue weighted by molar-refractivity contribution is -0.387. The largest absolute Gasteiger partial charge is 0.382 e. The van der Waals surface area contributed by atoms with Gasteiger partial charge in [0, 0.05) is 23.7 Å². The molecule has 0 aliphatic carbocycles. The van der Waals surface area contributed by atoms with Crippen molar-refractivity contribution in [2.75, 3.05) is 12.3 Å². The van der Waals surface area contributed by atoms with Crippen LogP contribution >= 0.6 is 23.4 Å². The summed E-state index contributed by atoms with van der Waals surface area (Å²) in [5.41, 5.74) is 6.97. The molecule has 0 unspecified atom stereocenters. The van der Waals surface area contributed by atoms with Crippen molar-refractivity contribution in [3.8, 4) is 0 Å². The van der Waals surface area contributed by atoms with Gasteiger partial charge in [0.05, 0.1) is 9.82 Å². The second-order valence-electron chi connectivity index (χ2n) is 6.41. The van der Waals surface area contributed by atoms with Gasteiger partial charge >= 0.3 is 0 Å². The number of halogens is 1. The molecule has 0 atom stereocenters. The van der Waals surface area contributed by atoms with Gasteiger partial charge in [0.15, 0.2) is 22.1 Å². The minimum atomic E-state index is -0.456. The zero-order valence-electron chi connectivity index (χ0n) is 15.4. The number of nitrogen functional groups attached to an aromatic ring is 1. The molecule has 0 spiro atoms. The van der Waals surface area contributed by atoms with E-state index in [-0.39, 0.29) is 11.5 Å². The fourth-order valence-corrected chi connectivity index (χ4v) is 3.82. The van der Waals surface area contributed by atoms with Gasteiger partial charge in [-0.2, -0.15) is 0 Å². The van der Waals surface area contributed by atoms with Crippen molar-refractivity contribution in [3.63, 3.8) is 0 Å². The Labute approximate surface area is 170 Å². The maximum Gasteiger partial charge on any atom is 0.284 e. The number of aromatic nitrogens is 4. The summed E-state index contributed by atoms with van der Waals surface area (Å²) in [4.78, 5) is 24.2. The van der Waals surface area contributed by atoms with Gasteiger partial charge in [0.1, 0.15) is 6.33 Å². The number of imidazole rings is 1. The van der Waals surface area contributed by atoms with Crippen LogP contribution in [0.15, 0.2) is 34.6 Å². The highest BCUT2D eigenvalue weighted by molar-refractivity contribution is 7.99. The molecule has 148 valence electrons. The number of nitrogens with one attached hydrogen (secondary N) is 1. The zero-order chi connectivity index (χ0) is 20.3. The topological polar surface area (TPSA) is 125 Å². The molecular formula is C17H20ClN7O2S. The van der Waals surface area contributed by atoms with Crippen LogP contribution in [0.3, 0.4) is 0 Å². The fourth-order valence-electron chi connectivity index (χ4n) is 2.66. The quantitative estimate of drug-likeness (QED) is 0.321. The summed E-state index contributed by atoms with van der Waals surface area (Å²) in [6, 6.07) is 4.95. The summed E-state index contributed by atoms with van der Waals surface area (Å²) < 4.78 is 1.92. The molecule has 0 amide bonds. The third-order valence-corrected chi connectivity index (χ3v) is 5.25. The number of hydrogen-bond acceptors (Lipinski definition) is 8. The van der Waals surface area contributed by atoms with Gasteiger partial charge in [0.2, 0.25) is 0 Å². The molecule has 0 aliphatic rings. The average Bonchev–Trinajstić information content (AvgIpc) is 2.98. The molecule has 0 aliphatic heterocycles. The maximum atomic E-state index is 11.4. The van der Waals surface area contributed by atoms with Crippen LogP contribution in [-0.2, 0) is 6.54 Å². The van der Waals surface area contributed by atoms with Gasteiger partial charge in [-0.1, -0.05) is 25.4 Å². The highest BCUT2D eigenvalue weighted by Crippen LogP contribution is 2.37. The summed E-state index contributed by atoms with van der Waals surface area (Å²) in [6.07, 6.45) is 2.23. The third kappa shape index (κ3) is 4.51. The Morgan fingerprint density at radius 2 is 2.18 bits per heavy atom. The summed E-state index contributed by atoms with van der Waals surface area (Å²) in [5.74, 6) is 0.275. The molecule has 0 fully saturated rings. The Morgan fingerprint density at radius 1 is 1.39 bits per heavy atom. The molecule has 3 rings (SSSR count). The molecule has 3 aromatic rings. The predicted octanol–water partition coefficient (Wildman–Crippen LogP) is 3.51. The Balaban J connectivity index is 1.97. The van der Waals surface area contributed by atoms with Crippen molar-refractivity contribution >= 4 is 46.0 Å². The van der Waals surface area contributed by atoms with Crippen LogP contribution < -0.4 is 11.1 Å². The summed E-state index contributed by atoms with van der Waals surface area (Å²) in [5, 5.41) is 15.6. The summed E-state index contributed by atoms with van der Waals surface area (Å²) in [6.45, 7) is 5.63. The van der Waals surface area contributed by atoms with E-state index >= 15 is 0 Å². The number of hydrogen-bond donors (Lipinski definition) is 2. The summed E-state index contributed by atoms with van der Waals surface area (Å²) >= 11 is 7.10. The van der Waals surface area contributed by atoms with E-state index in [2.05, 4.69) is 34.1 Å². The lowest BCUT2D eigenvalue weighted by Crippen LogP contribution is -2.24. The van der Waals surface area contributed by atoms with Crippen molar-refractivity contribution in [2.24, 2.45) is 0 Å². The molecule has 3 N–H and O–H groups in total. The number of nitrogens with zero attached hydrogens (tertiary/aromatic N) is 5.